The molecule has 1 unspecified atom stereocenters. The maximum Gasteiger partial charge on any atom is 0.288 e. The standard InChI is InChI=1S/C21H27N7O3/c22-20(29)18-12-17(28(30)31)13-24-21(18)27-7-3-4-16(15-27)14-25-8-10-26(11-9-25)19-5-1-2-6-23-19/h1-2,5-6,12-13,16H,3-4,7-11,14-15H2,(H2,22,29). The minimum Gasteiger partial charge on any atom is -0.365 e. The molecule has 10 heteroatoms. The summed E-state index contributed by atoms with van der Waals surface area (Å²) in [6.45, 7) is 6.35. The van der Waals surface area contributed by atoms with Gasteiger partial charge in [-0.25, -0.2) is 9.97 Å². The second kappa shape index (κ2) is 9.25. The maximum absolute atomic E-state index is 11.9. The van der Waals surface area contributed by atoms with Gasteiger partial charge in [-0.15, -0.1) is 0 Å². The molecule has 0 saturated carbocycles. The van der Waals surface area contributed by atoms with Gasteiger partial charge in [0.25, 0.3) is 11.6 Å². The zero-order chi connectivity index (χ0) is 21.8. The van der Waals surface area contributed by atoms with Gasteiger partial charge in [0, 0.05) is 58.1 Å². The third-order valence-electron chi connectivity index (χ3n) is 6.01. The van der Waals surface area contributed by atoms with Crippen LogP contribution in [-0.2, 0) is 0 Å². The molecule has 10 nitrogen and oxygen atoms in total. The van der Waals surface area contributed by atoms with E-state index >= 15 is 0 Å². The number of carbonyl (C=O) groups excluding carboxylic acids is 1. The van der Waals surface area contributed by atoms with Crippen LogP contribution in [0.5, 0.6) is 0 Å². The van der Waals surface area contributed by atoms with Crippen molar-refractivity contribution < 1.29 is 9.72 Å². The predicted molar refractivity (Wildman–Crippen MR) is 117 cm³/mol. The first-order chi connectivity index (χ1) is 15.0. The molecule has 0 radical (unpaired) electrons. The Labute approximate surface area is 180 Å². The molecule has 1 atom stereocenters. The number of hydrogen-bond acceptors (Lipinski definition) is 8. The van der Waals surface area contributed by atoms with E-state index in [4.69, 9.17) is 5.73 Å². The molecular formula is C21H27N7O3. The summed E-state index contributed by atoms with van der Waals surface area (Å²) in [5, 5.41) is 11.0. The van der Waals surface area contributed by atoms with Crippen molar-refractivity contribution in [2.75, 3.05) is 55.6 Å². The highest BCUT2D eigenvalue weighted by atomic mass is 16.6. The molecule has 0 spiro atoms. The number of nitrogens with two attached hydrogens (primary N) is 1. The number of piperidine rings is 1. The fourth-order valence-corrected chi connectivity index (χ4v) is 4.45. The molecule has 0 aromatic carbocycles. The van der Waals surface area contributed by atoms with Crippen LogP contribution in [0.1, 0.15) is 23.2 Å². The Bertz CT molecular complexity index is 932. The van der Waals surface area contributed by atoms with Crippen molar-refractivity contribution in [2.45, 2.75) is 12.8 Å². The van der Waals surface area contributed by atoms with Gasteiger partial charge in [0.2, 0.25) is 0 Å². The topological polar surface area (TPSA) is 122 Å². The quantitative estimate of drug-likeness (QED) is 0.546. The number of rotatable bonds is 6. The third kappa shape index (κ3) is 4.91. The Morgan fingerprint density at radius 3 is 2.65 bits per heavy atom. The minimum absolute atomic E-state index is 0.110. The van der Waals surface area contributed by atoms with Crippen molar-refractivity contribution in [3.8, 4) is 0 Å². The normalized spacial score (nSPS) is 19.9. The summed E-state index contributed by atoms with van der Waals surface area (Å²) < 4.78 is 0. The first-order valence-corrected chi connectivity index (χ1v) is 10.6. The third-order valence-corrected chi connectivity index (χ3v) is 6.01. The van der Waals surface area contributed by atoms with Crippen LogP contribution < -0.4 is 15.5 Å². The molecule has 2 aromatic rings. The number of nitro groups is 1. The Morgan fingerprint density at radius 1 is 1.16 bits per heavy atom. The van der Waals surface area contributed by atoms with E-state index in [2.05, 4.69) is 19.8 Å². The number of hydrogen-bond donors (Lipinski definition) is 1. The molecule has 1 amide bonds. The lowest BCUT2D eigenvalue weighted by molar-refractivity contribution is -0.385. The highest BCUT2D eigenvalue weighted by Gasteiger charge is 2.28. The second-order valence-electron chi connectivity index (χ2n) is 8.12. The van der Waals surface area contributed by atoms with Crippen molar-refractivity contribution in [3.05, 3.63) is 52.3 Å². The van der Waals surface area contributed by atoms with Crippen LogP contribution in [0.3, 0.4) is 0 Å². The molecule has 2 N–H and O–H groups in total. The first-order valence-electron chi connectivity index (χ1n) is 10.6. The largest absolute Gasteiger partial charge is 0.365 e. The van der Waals surface area contributed by atoms with E-state index in [1.165, 1.54) is 12.3 Å². The zero-order valence-corrected chi connectivity index (χ0v) is 17.4. The molecule has 2 fully saturated rings. The van der Waals surface area contributed by atoms with E-state index in [0.717, 1.165) is 64.5 Å². The lowest BCUT2D eigenvalue weighted by Crippen LogP contribution is -2.50. The minimum atomic E-state index is -0.695. The van der Waals surface area contributed by atoms with Gasteiger partial charge in [0.1, 0.15) is 17.8 Å². The molecule has 0 bridgehead atoms. The van der Waals surface area contributed by atoms with E-state index in [1.54, 1.807) is 0 Å². The van der Waals surface area contributed by atoms with Crippen LogP contribution in [0.15, 0.2) is 36.7 Å². The van der Waals surface area contributed by atoms with Gasteiger partial charge < -0.3 is 15.5 Å². The van der Waals surface area contributed by atoms with Gasteiger partial charge in [-0.05, 0) is 30.9 Å². The summed E-state index contributed by atoms with van der Waals surface area (Å²) in [6, 6.07) is 7.21. The van der Waals surface area contributed by atoms with E-state index in [-0.39, 0.29) is 11.3 Å². The van der Waals surface area contributed by atoms with E-state index in [0.29, 0.717) is 11.7 Å². The summed E-state index contributed by atoms with van der Waals surface area (Å²) in [4.78, 5) is 37.9. The molecule has 4 heterocycles. The molecule has 2 aliphatic heterocycles. The van der Waals surface area contributed by atoms with Gasteiger partial charge >= 0.3 is 0 Å². The highest BCUT2D eigenvalue weighted by molar-refractivity contribution is 5.98. The summed E-state index contributed by atoms with van der Waals surface area (Å²) in [5.74, 6) is 1.21. The summed E-state index contributed by atoms with van der Waals surface area (Å²) in [7, 11) is 0. The number of pyridine rings is 2. The molecule has 31 heavy (non-hydrogen) atoms. The lowest BCUT2D eigenvalue weighted by Gasteiger charge is -2.40. The van der Waals surface area contributed by atoms with Crippen molar-refractivity contribution in [3.63, 3.8) is 0 Å². The van der Waals surface area contributed by atoms with Gasteiger partial charge in [0.05, 0.1) is 10.5 Å². The summed E-state index contributed by atoms with van der Waals surface area (Å²) in [5.41, 5.74) is 5.37. The number of primary amides is 1. The molecule has 2 aliphatic rings. The number of anilines is 2. The maximum atomic E-state index is 11.9. The molecule has 164 valence electrons. The van der Waals surface area contributed by atoms with Crippen LogP contribution in [-0.4, -0.2) is 71.5 Å². The van der Waals surface area contributed by atoms with Crippen molar-refractivity contribution in [1.29, 1.82) is 0 Å². The van der Waals surface area contributed by atoms with Gasteiger partial charge in [-0.1, -0.05) is 6.07 Å². The number of amides is 1. The van der Waals surface area contributed by atoms with E-state index < -0.39 is 10.8 Å². The van der Waals surface area contributed by atoms with Gasteiger partial charge in [-0.2, -0.15) is 0 Å². The Kier molecular flexibility index (Phi) is 6.26. The Balaban J connectivity index is 1.37. The molecule has 2 aromatic heterocycles. The highest BCUT2D eigenvalue weighted by Crippen LogP contribution is 2.27. The van der Waals surface area contributed by atoms with Crippen molar-refractivity contribution in [1.82, 2.24) is 14.9 Å². The van der Waals surface area contributed by atoms with Crippen LogP contribution >= 0.6 is 0 Å². The molecule has 0 aliphatic carbocycles. The predicted octanol–water partition coefficient (Wildman–Crippen LogP) is 1.52. The molecular weight excluding hydrogens is 398 g/mol. The lowest BCUT2D eigenvalue weighted by atomic mass is 9.96. The van der Waals surface area contributed by atoms with E-state index in [1.807, 2.05) is 29.3 Å². The number of nitrogens with zero attached hydrogens (tertiary/aromatic N) is 6. The average molecular weight is 425 g/mol. The Morgan fingerprint density at radius 2 is 1.97 bits per heavy atom. The van der Waals surface area contributed by atoms with Crippen molar-refractivity contribution in [2.24, 2.45) is 11.7 Å². The Hall–Kier alpha value is -3.27. The van der Waals surface area contributed by atoms with Crippen LogP contribution in [0.25, 0.3) is 0 Å². The first kappa shape index (κ1) is 21.0. The summed E-state index contributed by atoms with van der Waals surface area (Å²) in [6.07, 6.45) is 5.11. The second-order valence-corrected chi connectivity index (χ2v) is 8.12. The number of piperazine rings is 1. The van der Waals surface area contributed by atoms with Crippen LogP contribution in [0.2, 0.25) is 0 Å². The number of aromatic nitrogens is 2. The fourth-order valence-electron chi connectivity index (χ4n) is 4.45. The smallest absolute Gasteiger partial charge is 0.288 e. The van der Waals surface area contributed by atoms with Crippen LogP contribution in [0.4, 0.5) is 17.3 Å². The monoisotopic (exact) mass is 425 g/mol. The fraction of sp³-hybridized carbons (Fsp3) is 0.476. The zero-order valence-electron chi connectivity index (χ0n) is 17.4. The molecule has 2 saturated heterocycles. The van der Waals surface area contributed by atoms with Gasteiger partial charge in [-0.3, -0.25) is 19.8 Å². The number of carbonyl (C=O) groups is 1. The SMILES string of the molecule is NC(=O)c1cc([N+](=O)[O-])cnc1N1CCCC(CN2CCN(c3ccccn3)CC2)C1. The average Bonchev–Trinajstić information content (AvgIpc) is 2.80. The van der Waals surface area contributed by atoms with Gasteiger partial charge in [0.15, 0.2) is 0 Å². The van der Waals surface area contributed by atoms with Crippen LogP contribution in [0, 0.1) is 16.0 Å². The van der Waals surface area contributed by atoms with E-state index in [9.17, 15) is 14.9 Å². The van der Waals surface area contributed by atoms with Crippen molar-refractivity contribution >= 4 is 23.2 Å². The summed E-state index contributed by atoms with van der Waals surface area (Å²) >= 11 is 0. The molecule has 4 rings (SSSR count).